The molecule has 0 bridgehead atoms. The lowest BCUT2D eigenvalue weighted by atomic mass is 9.81. The second-order valence-corrected chi connectivity index (χ2v) is 8.95. The minimum absolute atomic E-state index is 0.106. The fraction of sp³-hybridized carbons (Fsp3) is 0.542. The Morgan fingerprint density at radius 2 is 1.85 bits per heavy atom. The van der Waals surface area contributed by atoms with E-state index in [2.05, 4.69) is 0 Å². The van der Waals surface area contributed by atoms with E-state index in [4.69, 9.17) is 14.6 Å². The number of hydrogen-bond donors (Lipinski definition) is 1. The van der Waals surface area contributed by atoms with Gasteiger partial charge in [0.1, 0.15) is 12.4 Å². The smallest absolute Gasteiger partial charge is 0.285 e. The van der Waals surface area contributed by atoms with Crippen LogP contribution in [0.2, 0.25) is 0 Å². The van der Waals surface area contributed by atoms with Gasteiger partial charge < -0.3 is 24.0 Å². The quantitative estimate of drug-likeness (QED) is 0.687. The fourth-order valence-electron chi connectivity index (χ4n) is 5.19. The lowest BCUT2D eigenvalue weighted by molar-refractivity contribution is -0.00782. The zero-order chi connectivity index (χ0) is 24.7. The number of aliphatic hydroxyl groups excluding tert-OH is 1. The van der Waals surface area contributed by atoms with Crippen LogP contribution < -0.4 is 9.47 Å². The maximum Gasteiger partial charge on any atom is 0.285 e. The third kappa shape index (κ3) is 4.13. The second-order valence-electron chi connectivity index (χ2n) is 8.95. The molecule has 10 heteroatoms. The van der Waals surface area contributed by atoms with E-state index in [1.165, 1.54) is 11.7 Å². The number of likely N-dealkylation sites (N-methyl/N-ethyl adjacent to an activating group) is 1. The van der Waals surface area contributed by atoms with Gasteiger partial charge in [0, 0.05) is 44.7 Å². The fourth-order valence-corrected chi connectivity index (χ4v) is 5.19. The van der Waals surface area contributed by atoms with Gasteiger partial charge in [-0.25, -0.2) is 13.2 Å². The summed E-state index contributed by atoms with van der Waals surface area (Å²) in [7, 11) is 3.35. The molecule has 3 heterocycles. The molecule has 0 saturated carbocycles. The number of ether oxygens (including phenoxy) is 2. The van der Waals surface area contributed by atoms with Gasteiger partial charge in [-0.2, -0.15) is 0 Å². The molecule has 186 valence electrons. The zero-order valence-electron chi connectivity index (χ0n) is 19.6. The third-order valence-electron chi connectivity index (χ3n) is 6.97. The van der Waals surface area contributed by atoms with E-state index in [9.17, 15) is 13.6 Å². The summed E-state index contributed by atoms with van der Waals surface area (Å²) in [6.45, 7) is 2.28. The Balaban J connectivity index is 1.56. The van der Waals surface area contributed by atoms with Gasteiger partial charge in [0.05, 0.1) is 30.6 Å². The van der Waals surface area contributed by atoms with Crippen molar-refractivity contribution >= 4 is 5.91 Å². The first-order valence-electron chi connectivity index (χ1n) is 11.3. The summed E-state index contributed by atoms with van der Waals surface area (Å²) in [4.78, 5) is 16.9. The highest BCUT2D eigenvalue weighted by Gasteiger charge is 2.48. The van der Waals surface area contributed by atoms with Crippen molar-refractivity contribution < 1.29 is 32.5 Å². The molecule has 2 aliphatic heterocycles. The van der Waals surface area contributed by atoms with Crippen molar-refractivity contribution in [3.8, 4) is 11.5 Å². The van der Waals surface area contributed by atoms with Crippen LogP contribution in [-0.2, 0) is 18.0 Å². The molecular weight excluding hydrogens is 451 g/mol. The molecule has 2 aromatic rings. The highest BCUT2D eigenvalue weighted by atomic mass is 19.3. The summed E-state index contributed by atoms with van der Waals surface area (Å²) in [6, 6.07) is 5.80. The van der Waals surface area contributed by atoms with Gasteiger partial charge in [0.25, 0.3) is 11.8 Å². The van der Waals surface area contributed by atoms with E-state index in [1.807, 2.05) is 11.9 Å². The summed E-state index contributed by atoms with van der Waals surface area (Å²) in [5.74, 6) is -3.15. The molecule has 0 radical (unpaired) electrons. The zero-order valence-corrected chi connectivity index (χ0v) is 19.6. The predicted molar refractivity (Wildman–Crippen MR) is 119 cm³/mol. The van der Waals surface area contributed by atoms with Gasteiger partial charge in [0.2, 0.25) is 0 Å². The molecule has 1 aromatic carbocycles. The number of amides is 1. The molecule has 1 amide bonds. The van der Waals surface area contributed by atoms with Crippen molar-refractivity contribution in [2.24, 2.45) is 0 Å². The lowest BCUT2D eigenvalue weighted by Gasteiger charge is -2.50. The number of likely N-dealkylation sites (tertiary alicyclic amines) is 1. The number of nitrogens with zero attached hydrogens (tertiary/aromatic N) is 3. The van der Waals surface area contributed by atoms with E-state index >= 15 is 4.39 Å². The van der Waals surface area contributed by atoms with E-state index in [0.717, 1.165) is 13.0 Å². The van der Waals surface area contributed by atoms with Crippen molar-refractivity contribution in [1.82, 2.24) is 14.4 Å². The number of carbonyl (C=O) groups is 1. The molecule has 2 aliphatic rings. The van der Waals surface area contributed by atoms with Crippen LogP contribution in [-0.4, -0.2) is 72.4 Å². The number of carbonyl (C=O) groups excluding carboxylic acids is 1. The van der Waals surface area contributed by atoms with Gasteiger partial charge in [-0.05, 0) is 38.1 Å². The van der Waals surface area contributed by atoms with Crippen LogP contribution in [0, 0.1) is 5.82 Å². The van der Waals surface area contributed by atoms with Crippen LogP contribution in [0.4, 0.5) is 13.2 Å². The van der Waals surface area contributed by atoms with E-state index in [-0.39, 0.29) is 30.5 Å². The molecule has 0 aliphatic carbocycles. The van der Waals surface area contributed by atoms with Gasteiger partial charge >= 0.3 is 0 Å². The van der Waals surface area contributed by atoms with E-state index < -0.39 is 17.3 Å². The topological polar surface area (TPSA) is 67.2 Å². The Morgan fingerprint density at radius 1 is 1.15 bits per heavy atom. The third-order valence-corrected chi connectivity index (χ3v) is 6.97. The van der Waals surface area contributed by atoms with Crippen molar-refractivity contribution in [3.63, 3.8) is 0 Å². The lowest BCUT2D eigenvalue weighted by Crippen LogP contribution is -2.57. The molecule has 1 saturated heterocycles. The Hall–Kier alpha value is -2.72. The van der Waals surface area contributed by atoms with Gasteiger partial charge in [0.15, 0.2) is 11.5 Å². The number of rotatable bonds is 6. The molecule has 1 spiro atoms. The molecule has 4 rings (SSSR count). The number of hydrogen-bond acceptors (Lipinski definition) is 5. The summed E-state index contributed by atoms with van der Waals surface area (Å²) in [5, 5.41) is 8.96. The average molecular weight is 482 g/mol. The molecular formula is C24H30F3N3O4. The minimum Gasteiger partial charge on any atom is -0.493 e. The van der Waals surface area contributed by atoms with Gasteiger partial charge in [-0.1, -0.05) is 0 Å². The van der Waals surface area contributed by atoms with Gasteiger partial charge in [-0.15, -0.1) is 0 Å². The molecule has 1 N–H and O–H groups in total. The standard InChI is InChI=1S/C24H30F3N3O4/c1-23(26,27)20-15-17(25)21-24(28(2)10-11-30(20)21)6-8-29(9-7-24)22(32)16-4-5-18(34-13-12-31)19(14-16)33-3/h4-5,14-15,31H,6-13H2,1-3H3. The number of methoxy groups -OCH3 is 1. The maximum atomic E-state index is 15.1. The predicted octanol–water partition coefficient (Wildman–Crippen LogP) is 3.20. The summed E-state index contributed by atoms with van der Waals surface area (Å²) in [6.07, 6.45) is 0.861. The van der Waals surface area contributed by atoms with Crippen LogP contribution in [0.15, 0.2) is 24.3 Å². The number of fused-ring (bicyclic) bond motifs is 2. The number of halogens is 3. The molecule has 1 fully saturated rings. The van der Waals surface area contributed by atoms with Crippen LogP contribution in [0.25, 0.3) is 0 Å². The number of piperidine rings is 1. The number of aliphatic hydroxyl groups is 1. The van der Waals surface area contributed by atoms with Crippen LogP contribution in [0.1, 0.15) is 41.5 Å². The summed E-state index contributed by atoms with van der Waals surface area (Å²) >= 11 is 0. The summed E-state index contributed by atoms with van der Waals surface area (Å²) in [5.41, 5.74) is -0.343. The monoisotopic (exact) mass is 481 g/mol. The first kappa shape index (κ1) is 24.4. The van der Waals surface area contributed by atoms with Crippen molar-refractivity contribution in [1.29, 1.82) is 0 Å². The first-order valence-corrected chi connectivity index (χ1v) is 11.3. The second kappa shape index (κ2) is 9.14. The molecule has 1 aromatic heterocycles. The normalized spacial score (nSPS) is 18.1. The average Bonchev–Trinajstić information content (AvgIpc) is 3.18. The van der Waals surface area contributed by atoms with Crippen LogP contribution in [0.5, 0.6) is 11.5 Å². The maximum absolute atomic E-state index is 15.1. The van der Waals surface area contributed by atoms with E-state index in [0.29, 0.717) is 56.1 Å². The highest BCUT2D eigenvalue weighted by Crippen LogP contribution is 2.45. The number of alkyl halides is 2. The number of benzene rings is 1. The van der Waals surface area contributed by atoms with Gasteiger partial charge in [-0.3, -0.25) is 9.69 Å². The Bertz CT molecular complexity index is 1060. The largest absolute Gasteiger partial charge is 0.493 e. The minimum atomic E-state index is -3.14. The molecule has 0 atom stereocenters. The van der Waals surface area contributed by atoms with Crippen molar-refractivity contribution in [3.05, 3.63) is 47.0 Å². The Labute approximate surface area is 196 Å². The first-order chi connectivity index (χ1) is 16.1. The number of aromatic nitrogens is 1. The SMILES string of the molecule is COc1cc(C(=O)N2CCC3(CC2)c2c(F)cc(C(C)(F)F)n2CCN3C)ccc1OCCO. The van der Waals surface area contributed by atoms with Crippen LogP contribution >= 0.6 is 0 Å². The van der Waals surface area contributed by atoms with Crippen molar-refractivity contribution in [2.75, 3.05) is 47.0 Å². The van der Waals surface area contributed by atoms with Crippen LogP contribution in [0.3, 0.4) is 0 Å². The molecule has 34 heavy (non-hydrogen) atoms. The molecule has 7 nitrogen and oxygen atoms in total. The van der Waals surface area contributed by atoms with Crippen molar-refractivity contribution in [2.45, 2.75) is 37.8 Å². The Kier molecular flexibility index (Phi) is 6.56. The highest BCUT2D eigenvalue weighted by molar-refractivity contribution is 5.95. The summed E-state index contributed by atoms with van der Waals surface area (Å²) < 4.78 is 55.5. The van der Waals surface area contributed by atoms with E-state index in [1.54, 1.807) is 23.1 Å². The Morgan fingerprint density at radius 3 is 2.47 bits per heavy atom. The molecule has 0 unspecified atom stereocenters.